The lowest BCUT2D eigenvalue weighted by molar-refractivity contribution is -0.129. The van der Waals surface area contributed by atoms with Gasteiger partial charge in [-0.25, -0.2) is 0 Å². The molecule has 0 aromatic carbocycles. The zero-order valence-electron chi connectivity index (χ0n) is 12.6. The number of rotatable bonds is 1. The van der Waals surface area contributed by atoms with E-state index in [1.54, 1.807) is 12.5 Å². The molecule has 1 saturated heterocycles. The van der Waals surface area contributed by atoms with Crippen LogP contribution in [0.3, 0.4) is 0 Å². The smallest absolute Gasteiger partial charge is 0.172 e. The molecule has 108 valence electrons. The van der Waals surface area contributed by atoms with Gasteiger partial charge in [0.05, 0.1) is 18.4 Å². The van der Waals surface area contributed by atoms with E-state index in [1.807, 2.05) is 6.07 Å². The summed E-state index contributed by atoms with van der Waals surface area (Å²) >= 11 is 0. The maximum atomic E-state index is 12.8. The number of ketones is 1. The second-order valence-corrected chi connectivity index (χ2v) is 7.70. The van der Waals surface area contributed by atoms with Crippen molar-refractivity contribution in [3.05, 3.63) is 24.2 Å². The molecule has 0 N–H and O–H groups in total. The SMILES string of the molecule is C[C@H]1CC[C@@]2(C)[C@H](c3ccoc3)C(=O)[C@H]3O[C@]32C1(C)C. The normalized spacial score (nSPS) is 48.8. The first-order valence-electron chi connectivity index (χ1n) is 7.60. The highest BCUT2D eigenvalue weighted by Gasteiger charge is 2.85. The van der Waals surface area contributed by atoms with E-state index in [-0.39, 0.29) is 34.2 Å². The van der Waals surface area contributed by atoms with Crippen molar-refractivity contribution >= 4 is 5.78 Å². The summed E-state index contributed by atoms with van der Waals surface area (Å²) in [5.74, 6) is 0.777. The Morgan fingerprint density at radius 1 is 1.30 bits per heavy atom. The lowest BCUT2D eigenvalue weighted by Crippen LogP contribution is -2.54. The first-order chi connectivity index (χ1) is 9.36. The van der Waals surface area contributed by atoms with Gasteiger partial charge in [0, 0.05) is 11.0 Å². The highest BCUT2D eigenvalue weighted by molar-refractivity contribution is 5.98. The predicted molar refractivity (Wildman–Crippen MR) is 74.3 cm³/mol. The molecule has 0 bridgehead atoms. The Hall–Kier alpha value is -1.09. The van der Waals surface area contributed by atoms with Crippen LogP contribution in [0.15, 0.2) is 23.0 Å². The van der Waals surface area contributed by atoms with Gasteiger partial charge < -0.3 is 9.15 Å². The third-order valence-corrected chi connectivity index (χ3v) is 6.81. The van der Waals surface area contributed by atoms with Gasteiger partial charge >= 0.3 is 0 Å². The third-order valence-electron chi connectivity index (χ3n) is 6.81. The molecule has 3 fully saturated rings. The summed E-state index contributed by atoms with van der Waals surface area (Å²) in [6.45, 7) is 9.10. The van der Waals surface area contributed by atoms with Gasteiger partial charge in [0.25, 0.3) is 0 Å². The Balaban J connectivity index is 1.87. The first kappa shape index (κ1) is 12.6. The highest BCUT2D eigenvalue weighted by atomic mass is 16.6. The van der Waals surface area contributed by atoms with Crippen molar-refractivity contribution in [1.29, 1.82) is 0 Å². The van der Waals surface area contributed by atoms with E-state index in [0.29, 0.717) is 5.92 Å². The number of Topliss-reactive ketones (excluding diaryl/α,β-unsaturated/α-hetero) is 1. The number of carbonyl (C=O) groups excluding carboxylic acids is 1. The zero-order chi connectivity index (χ0) is 14.3. The maximum Gasteiger partial charge on any atom is 0.172 e. The van der Waals surface area contributed by atoms with Crippen LogP contribution in [0.5, 0.6) is 0 Å². The van der Waals surface area contributed by atoms with Crippen LogP contribution in [-0.2, 0) is 9.53 Å². The van der Waals surface area contributed by atoms with Crippen molar-refractivity contribution in [2.24, 2.45) is 16.7 Å². The summed E-state index contributed by atoms with van der Waals surface area (Å²) in [4.78, 5) is 12.8. The lowest BCUT2D eigenvalue weighted by atomic mass is 9.51. The number of epoxide rings is 1. The van der Waals surface area contributed by atoms with Crippen LogP contribution in [0.2, 0.25) is 0 Å². The minimum atomic E-state index is -0.267. The summed E-state index contributed by atoms with van der Waals surface area (Å²) < 4.78 is 11.3. The summed E-state index contributed by atoms with van der Waals surface area (Å²) in [5, 5.41) is 0. The molecular weight excluding hydrogens is 252 g/mol. The van der Waals surface area contributed by atoms with E-state index in [1.165, 1.54) is 0 Å². The molecule has 0 unspecified atom stereocenters. The number of furan rings is 1. The van der Waals surface area contributed by atoms with Gasteiger partial charge in [-0.1, -0.05) is 27.7 Å². The molecule has 1 spiro atoms. The molecule has 3 aliphatic rings. The first-order valence-corrected chi connectivity index (χ1v) is 7.60. The summed E-state index contributed by atoms with van der Waals surface area (Å²) in [7, 11) is 0. The molecule has 4 rings (SSSR count). The van der Waals surface area contributed by atoms with E-state index in [9.17, 15) is 4.79 Å². The largest absolute Gasteiger partial charge is 0.472 e. The zero-order valence-corrected chi connectivity index (χ0v) is 12.6. The van der Waals surface area contributed by atoms with E-state index in [0.717, 1.165) is 18.4 Å². The van der Waals surface area contributed by atoms with Crippen molar-refractivity contribution < 1.29 is 13.9 Å². The molecule has 2 saturated carbocycles. The summed E-state index contributed by atoms with van der Waals surface area (Å²) in [5.41, 5.74) is 0.697. The fraction of sp³-hybridized carbons (Fsp3) is 0.706. The van der Waals surface area contributed by atoms with Crippen molar-refractivity contribution in [1.82, 2.24) is 0 Å². The summed E-state index contributed by atoms with van der Waals surface area (Å²) in [6.07, 6.45) is 5.40. The Bertz CT molecular complexity index is 573. The van der Waals surface area contributed by atoms with Crippen LogP contribution in [0.25, 0.3) is 0 Å². The molecule has 20 heavy (non-hydrogen) atoms. The van der Waals surface area contributed by atoms with Crippen LogP contribution >= 0.6 is 0 Å². The van der Waals surface area contributed by atoms with Gasteiger partial charge in [-0.15, -0.1) is 0 Å². The van der Waals surface area contributed by atoms with Crippen LogP contribution in [-0.4, -0.2) is 17.5 Å². The highest BCUT2D eigenvalue weighted by Crippen LogP contribution is 2.76. The second-order valence-electron chi connectivity index (χ2n) is 7.70. The molecule has 2 heterocycles. The fourth-order valence-corrected chi connectivity index (χ4v) is 5.29. The van der Waals surface area contributed by atoms with Gasteiger partial charge in [0.1, 0.15) is 11.7 Å². The molecule has 0 amide bonds. The average Bonchev–Trinajstić information content (AvgIpc) is 2.90. The molecule has 1 aromatic heterocycles. The minimum Gasteiger partial charge on any atom is -0.472 e. The van der Waals surface area contributed by atoms with Crippen LogP contribution in [0, 0.1) is 16.7 Å². The number of hydrogen-bond donors (Lipinski definition) is 0. The van der Waals surface area contributed by atoms with Gasteiger partial charge in [-0.3, -0.25) is 4.79 Å². The van der Waals surface area contributed by atoms with E-state index in [4.69, 9.17) is 9.15 Å². The summed E-state index contributed by atoms with van der Waals surface area (Å²) in [6, 6.07) is 1.94. The van der Waals surface area contributed by atoms with E-state index in [2.05, 4.69) is 27.7 Å². The van der Waals surface area contributed by atoms with Crippen LogP contribution in [0.4, 0.5) is 0 Å². The Morgan fingerprint density at radius 3 is 2.70 bits per heavy atom. The molecule has 0 radical (unpaired) electrons. The Morgan fingerprint density at radius 2 is 2.05 bits per heavy atom. The topological polar surface area (TPSA) is 42.7 Å². The standard InChI is InChI=1S/C17H22O3/c1-10-5-7-16(4)12(11-6-8-19-9-11)13(18)14-17(16,20-14)15(10,2)3/h6,8-10,12,14H,5,7H2,1-4H3/t10-,12+,14+,16-,17-/m0/s1. The van der Waals surface area contributed by atoms with E-state index >= 15 is 0 Å². The van der Waals surface area contributed by atoms with Gasteiger partial charge in [0.2, 0.25) is 0 Å². The molecule has 3 nitrogen and oxygen atoms in total. The lowest BCUT2D eigenvalue weighted by Gasteiger charge is -2.52. The second kappa shape index (κ2) is 3.38. The Labute approximate surface area is 119 Å². The van der Waals surface area contributed by atoms with Gasteiger partial charge in [0.15, 0.2) is 5.78 Å². The van der Waals surface area contributed by atoms with Crippen LogP contribution in [0.1, 0.15) is 52.0 Å². The number of carbonyl (C=O) groups is 1. The average molecular weight is 274 g/mol. The molecule has 3 heteroatoms. The number of ether oxygens (including phenoxy) is 1. The number of hydrogen-bond acceptors (Lipinski definition) is 3. The van der Waals surface area contributed by atoms with Gasteiger partial charge in [-0.05, 0) is 30.2 Å². The van der Waals surface area contributed by atoms with Crippen LogP contribution < -0.4 is 0 Å². The van der Waals surface area contributed by atoms with Crippen molar-refractivity contribution in [2.75, 3.05) is 0 Å². The van der Waals surface area contributed by atoms with Crippen molar-refractivity contribution in [3.8, 4) is 0 Å². The molecule has 1 aliphatic heterocycles. The predicted octanol–water partition coefficient (Wildman–Crippen LogP) is 3.55. The molecule has 2 aliphatic carbocycles. The monoisotopic (exact) mass is 274 g/mol. The third kappa shape index (κ3) is 1.08. The molecular formula is C17H22O3. The van der Waals surface area contributed by atoms with Crippen molar-refractivity contribution in [2.45, 2.75) is 58.2 Å². The fourth-order valence-electron chi connectivity index (χ4n) is 5.29. The Kier molecular flexibility index (Phi) is 2.14. The molecule has 1 aromatic rings. The minimum absolute atomic E-state index is 0.0405. The molecule has 5 atom stereocenters. The van der Waals surface area contributed by atoms with E-state index < -0.39 is 0 Å². The quantitative estimate of drug-likeness (QED) is 0.736. The van der Waals surface area contributed by atoms with Gasteiger partial charge in [-0.2, -0.15) is 0 Å². The van der Waals surface area contributed by atoms with Crippen molar-refractivity contribution in [3.63, 3.8) is 0 Å². The maximum absolute atomic E-state index is 12.8.